The Morgan fingerprint density at radius 1 is 0.255 bits per heavy atom. The third-order valence-corrected chi connectivity index (χ3v) is 20.2. The number of carbonyl (C=O) groups excluding carboxylic acids is 4. The lowest BCUT2D eigenvalue weighted by Gasteiger charge is -2.21. The molecule has 0 aromatic heterocycles. The van der Waals surface area contributed by atoms with Gasteiger partial charge in [-0.25, -0.2) is 9.13 Å². The molecule has 0 rings (SSSR count). The molecule has 0 aromatic carbocycles. The van der Waals surface area contributed by atoms with Crippen LogP contribution in [0.3, 0.4) is 0 Å². The van der Waals surface area contributed by atoms with E-state index in [9.17, 15) is 43.2 Å². The predicted octanol–water partition coefficient (Wildman–Crippen LogP) is 23.2. The lowest BCUT2D eigenvalue weighted by molar-refractivity contribution is -0.161. The number of esters is 4. The first-order valence-electron chi connectivity index (χ1n) is 40.7. The van der Waals surface area contributed by atoms with Crippen LogP contribution in [0.5, 0.6) is 0 Å². The van der Waals surface area contributed by atoms with Gasteiger partial charge in [0.1, 0.15) is 19.3 Å². The SMILES string of the molecule is CC(C)CCCCCCCCCCCCCCCCCCCCC(=O)O[C@H](COC(=O)CCCCCCCCCCC(C)C)COP(=O)(O)OCC(O)COP(=O)(O)OC[C@@H](COC(=O)CCCCCCCCCC(C)C)OC(=O)CCCCCCCCCCCCCCCC(C)C. The molecule has 0 bridgehead atoms. The Bertz CT molecular complexity index is 1920. The number of phosphoric acid groups is 2. The number of carbonyl (C=O) groups is 4. The van der Waals surface area contributed by atoms with Gasteiger partial charge in [0, 0.05) is 25.7 Å². The molecular formula is C79H154O17P2. The van der Waals surface area contributed by atoms with E-state index in [4.69, 9.17) is 37.0 Å². The molecule has 582 valence electrons. The number of unbranched alkanes of at least 4 members (excludes halogenated alkanes) is 42. The third-order valence-electron chi connectivity index (χ3n) is 18.3. The van der Waals surface area contributed by atoms with Crippen molar-refractivity contribution in [3.8, 4) is 0 Å². The number of aliphatic hydroxyl groups excluding tert-OH is 1. The van der Waals surface area contributed by atoms with Crippen LogP contribution in [0, 0.1) is 23.7 Å². The summed E-state index contributed by atoms with van der Waals surface area (Å²) in [5, 5.41) is 10.6. The third kappa shape index (κ3) is 72.4. The van der Waals surface area contributed by atoms with Gasteiger partial charge in [-0.3, -0.25) is 37.3 Å². The zero-order valence-corrected chi connectivity index (χ0v) is 66.2. The van der Waals surface area contributed by atoms with Gasteiger partial charge in [-0.1, -0.05) is 351 Å². The first kappa shape index (κ1) is 96.1. The fourth-order valence-corrected chi connectivity index (χ4v) is 13.7. The van der Waals surface area contributed by atoms with Crippen LogP contribution in [-0.4, -0.2) is 96.7 Å². The van der Waals surface area contributed by atoms with Crippen molar-refractivity contribution in [2.45, 2.75) is 420 Å². The predicted molar refractivity (Wildman–Crippen MR) is 400 cm³/mol. The summed E-state index contributed by atoms with van der Waals surface area (Å²) < 4.78 is 68.6. The molecule has 3 unspecified atom stereocenters. The highest BCUT2D eigenvalue weighted by molar-refractivity contribution is 7.47. The zero-order valence-electron chi connectivity index (χ0n) is 64.4. The van der Waals surface area contributed by atoms with Crippen LogP contribution in [-0.2, 0) is 65.4 Å². The quantitative estimate of drug-likeness (QED) is 0.0222. The Morgan fingerprint density at radius 3 is 0.633 bits per heavy atom. The van der Waals surface area contributed by atoms with Crippen LogP contribution in [0.4, 0.5) is 0 Å². The summed E-state index contributed by atoms with van der Waals surface area (Å²) in [5.74, 6) is 0.919. The lowest BCUT2D eigenvalue weighted by Crippen LogP contribution is -2.30. The zero-order chi connectivity index (χ0) is 72.4. The molecule has 0 saturated heterocycles. The minimum Gasteiger partial charge on any atom is -0.462 e. The van der Waals surface area contributed by atoms with Crippen molar-refractivity contribution < 1.29 is 80.2 Å². The molecule has 0 spiro atoms. The van der Waals surface area contributed by atoms with E-state index in [1.807, 2.05) is 0 Å². The Balaban J connectivity index is 5.19. The smallest absolute Gasteiger partial charge is 0.462 e. The number of phosphoric ester groups is 2. The number of aliphatic hydroxyl groups is 1. The van der Waals surface area contributed by atoms with E-state index < -0.39 is 97.5 Å². The van der Waals surface area contributed by atoms with Crippen LogP contribution in [0.25, 0.3) is 0 Å². The molecular weight excluding hydrogens is 1280 g/mol. The van der Waals surface area contributed by atoms with Gasteiger partial charge in [0.2, 0.25) is 0 Å². The normalized spacial score (nSPS) is 14.1. The van der Waals surface area contributed by atoms with Crippen molar-refractivity contribution in [1.82, 2.24) is 0 Å². The van der Waals surface area contributed by atoms with Gasteiger partial charge < -0.3 is 33.8 Å². The molecule has 19 heteroatoms. The summed E-state index contributed by atoms with van der Waals surface area (Å²) in [5.41, 5.74) is 0. The first-order chi connectivity index (χ1) is 47.1. The largest absolute Gasteiger partial charge is 0.472 e. The van der Waals surface area contributed by atoms with Crippen LogP contribution in [0.2, 0.25) is 0 Å². The highest BCUT2D eigenvalue weighted by Crippen LogP contribution is 2.45. The van der Waals surface area contributed by atoms with Gasteiger partial charge in [0.15, 0.2) is 12.2 Å². The van der Waals surface area contributed by atoms with E-state index in [2.05, 4.69) is 55.4 Å². The highest BCUT2D eigenvalue weighted by atomic mass is 31.2. The minimum atomic E-state index is -4.96. The maximum Gasteiger partial charge on any atom is 0.472 e. The second-order valence-electron chi connectivity index (χ2n) is 30.4. The highest BCUT2D eigenvalue weighted by Gasteiger charge is 2.30. The van der Waals surface area contributed by atoms with Gasteiger partial charge in [-0.05, 0) is 49.4 Å². The second kappa shape index (κ2) is 68.2. The number of ether oxygens (including phenoxy) is 4. The summed E-state index contributed by atoms with van der Waals surface area (Å²) in [7, 11) is -9.92. The van der Waals surface area contributed by atoms with Gasteiger partial charge >= 0.3 is 39.5 Å². The average molecular weight is 1440 g/mol. The van der Waals surface area contributed by atoms with Gasteiger partial charge in [0.25, 0.3) is 0 Å². The lowest BCUT2D eigenvalue weighted by atomic mass is 10.0. The van der Waals surface area contributed by atoms with Crippen LogP contribution < -0.4 is 0 Å². The van der Waals surface area contributed by atoms with Crippen molar-refractivity contribution in [2.75, 3.05) is 39.6 Å². The maximum absolute atomic E-state index is 13.1. The Labute approximate surface area is 600 Å². The van der Waals surface area contributed by atoms with Crippen LogP contribution in [0.15, 0.2) is 0 Å². The number of rotatable bonds is 76. The molecule has 0 aliphatic carbocycles. The fraction of sp³-hybridized carbons (Fsp3) is 0.949. The van der Waals surface area contributed by atoms with Crippen molar-refractivity contribution in [1.29, 1.82) is 0 Å². The van der Waals surface area contributed by atoms with Gasteiger partial charge in [-0.2, -0.15) is 0 Å². The van der Waals surface area contributed by atoms with Crippen molar-refractivity contribution in [3.63, 3.8) is 0 Å². The minimum absolute atomic E-state index is 0.106. The van der Waals surface area contributed by atoms with Crippen LogP contribution >= 0.6 is 15.6 Å². The topological polar surface area (TPSA) is 237 Å². The van der Waals surface area contributed by atoms with Crippen molar-refractivity contribution in [2.24, 2.45) is 23.7 Å². The van der Waals surface area contributed by atoms with E-state index in [1.165, 1.54) is 199 Å². The Hall–Kier alpha value is -1.94. The molecule has 0 aliphatic heterocycles. The molecule has 0 saturated carbocycles. The van der Waals surface area contributed by atoms with Crippen molar-refractivity contribution >= 4 is 39.5 Å². The number of hydrogen-bond acceptors (Lipinski definition) is 15. The van der Waals surface area contributed by atoms with Gasteiger partial charge in [0.05, 0.1) is 26.4 Å². The molecule has 17 nitrogen and oxygen atoms in total. The molecule has 0 heterocycles. The van der Waals surface area contributed by atoms with E-state index in [0.717, 1.165) is 114 Å². The van der Waals surface area contributed by atoms with E-state index in [-0.39, 0.29) is 25.7 Å². The molecule has 3 N–H and O–H groups in total. The molecule has 0 aliphatic rings. The second-order valence-corrected chi connectivity index (χ2v) is 33.3. The van der Waals surface area contributed by atoms with Crippen LogP contribution in [0.1, 0.15) is 402 Å². The van der Waals surface area contributed by atoms with E-state index in [0.29, 0.717) is 31.6 Å². The summed E-state index contributed by atoms with van der Waals surface area (Å²) in [6.07, 6.45) is 54.3. The van der Waals surface area contributed by atoms with E-state index >= 15 is 0 Å². The molecule has 5 atom stereocenters. The summed E-state index contributed by atoms with van der Waals surface area (Å²) >= 11 is 0. The Morgan fingerprint density at radius 2 is 0.429 bits per heavy atom. The molecule has 98 heavy (non-hydrogen) atoms. The maximum atomic E-state index is 13.1. The monoisotopic (exact) mass is 1440 g/mol. The molecule has 0 amide bonds. The summed E-state index contributed by atoms with van der Waals surface area (Å²) in [4.78, 5) is 72.9. The Kier molecular flexibility index (Phi) is 66.8. The average Bonchev–Trinajstić information content (AvgIpc) is 1.19. The molecule has 0 fully saturated rings. The van der Waals surface area contributed by atoms with Gasteiger partial charge in [-0.15, -0.1) is 0 Å². The summed E-state index contributed by atoms with van der Waals surface area (Å²) in [6, 6.07) is 0. The van der Waals surface area contributed by atoms with Crippen molar-refractivity contribution in [3.05, 3.63) is 0 Å². The molecule has 0 radical (unpaired) electrons. The molecule has 0 aromatic rings. The number of hydrogen-bond donors (Lipinski definition) is 3. The standard InChI is InChI=1S/C79H154O17P2/c1-69(2)55-47-39-31-24-20-16-13-11-9-10-12-14-18-22-26-36-45-53-61-78(83)95-74(65-89-76(81)59-51-43-35-29-28-33-41-49-57-71(5)6)67-93-97(85,86)91-63-73(80)64-92-98(87,88)94-68-75(66-90-77(82)60-52-44-38-30-34-42-50-58-72(7)8)96-79(84)62-54-46-37-27-23-19-15-17-21-25-32-40-48-56-70(3)4/h69-75,80H,9-68H2,1-8H3,(H,85,86)(H,87,88)/t73?,74-,75-/m1/s1. The fourth-order valence-electron chi connectivity index (χ4n) is 12.1. The summed E-state index contributed by atoms with van der Waals surface area (Å²) in [6.45, 7) is 14.2. The first-order valence-corrected chi connectivity index (χ1v) is 43.7. The van der Waals surface area contributed by atoms with E-state index in [1.54, 1.807) is 0 Å².